The first-order valence-corrected chi connectivity index (χ1v) is 11.2. The van der Waals surface area contributed by atoms with Gasteiger partial charge in [-0.15, -0.1) is 0 Å². The minimum atomic E-state index is -0.463. The Morgan fingerprint density at radius 2 is 2.13 bits per heavy atom. The zero-order valence-electron chi connectivity index (χ0n) is 17.5. The molecule has 0 radical (unpaired) electrons. The normalized spacial score (nSPS) is 25.7. The molecule has 2 N–H and O–H groups in total. The molecular weight excluding hydrogens is 408 g/mol. The molecule has 30 heavy (non-hydrogen) atoms. The van der Waals surface area contributed by atoms with Crippen molar-refractivity contribution in [3.63, 3.8) is 0 Å². The van der Waals surface area contributed by atoms with Crippen LogP contribution in [0.2, 0.25) is 5.02 Å². The van der Waals surface area contributed by atoms with Gasteiger partial charge >= 0.3 is 0 Å². The smallest absolute Gasteiger partial charge is 0.255 e. The lowest BCUT2D eigenvalue weighted by Gasteiger charge is -2.36. The number of carbonyl (C=O) groups is 1. The van der Waals surface area contributed by atoms with Gasteiger partial charge in [-0.2, -0.15) is 0 Å². The van der Waals surface area contributed by atoms with Crippen LogP contribution in [0.5, 0.6) is 5.75 Å². The maximum Gasteiger partial charge on any atom is 0.255 e. The van der Waals surface area contributed by atoms with E-state index in [1.165, 1.54) is 0 Å². The molecule has 0 spiro atoms. The predicted molar refractivity (Wildman–Crippen MR) is 113 cm³/mol. The number of amides is 1. The van der Waals surface area contributed by atoms with Crippen LogP contribution in [0.25, 0.3) is 0 Å². The Balaban J connectivity index is 1.22. The molecule has 7 nitrogen and oxygen atoms in total. The second-order valence-electron chi connectivity index (χ2n) is 8.60. The van der Waals surface area contributed by atoms with Crippen molar-refractivity contribution in [2.45, 2.75) is 44.5 Å². The summed E-state index contributed by atoms with van der Waals surface area (Å²) in [5.74, 6) is 0.0227. The number of β-amino-alcohol motifs (C(OH)–C–C–N with tert-alkyl or cyclic N) is 1. The number of likely N-dealkylation sites (tertiary alicyclic amines) is 1. The highest BCUT2D eigenvalue weighted by atomic mass is 35.5. The fraction of sp³-hybridized carbons (Fsp3) is 0.682. The quantitative estimate of drug-likeness (QED) is 0.679. The Labute approximate surface area is 182 Å². The van der Waals surface area contributed by atoms with Crippen LogP contribution >= 0.6 is 11.6 Å². The number of hydrogen-bond acceptors (Lipinski definition) is 6. The van der Waals surface area contributed by atoms with Gasteiger partial charge in [0.2, 0.25) is 0 Å². The molecule has 2 fully saturated rings. The Morgan fingerprint density at radius 1 is 1.33 bits per heavy atom. The van der Waals surface area contributed by atoms with Crippen LogP contribution in [0, 0.1) is 5.92 Å². The van der Waals surface area contributed by atoms with E-state index in [1.807, 2.05) is 13.0 Å². The van der Waals surface area contributed by atoms with E-state index in [0.29, 0.717) is 49.2 Å². The number of hydrogen-bond donors (Lipinski definition) is 2. The molecule has 0 saturated carbocycles. The van der Waals surface area contributed by atoms with E-state index in [2.05, 4.69) is 10.2 Å². The second kappa shape index (κ2) is 9.40. The highest BCUT2D eigenvalue weighted by molar-refractivity contribution is 6.31. The summed E-state index contributed by atoms with van der Waals surface area (Å²) >= 11 is 6.16. The number of aliphatic hydroxyl groups is 1. The van der Waals surface area contributed by atoms with Crippen LogP contribution < -0.4 is 10.1 Å². The summed E-state index contributed by atoms with van der Waals surface area (Å²) < 4.78 is 16.9. The lowest BCUT2D eigenvalue weighted by Crippen LogP contribution is -2.48. The number of benzene rings is 1. The number of carbonyl (C=O) groups excluding carboxylic acids is 1. The summed E-state index contributed by atoms with van der Waals surface area (Å²) in [5.41, 5.74) is 1.45. The lowest BCUT2D eigenvalue weighted by molar-refractivity contribution is -0.148. The summed E-state index contributed by atoms with van der Waals surface area (Å²) in [6, 6.07) is 3.50. The van der Waals surface area contributed by atoms with Gasteiger partial charge in [0.1, 0.15) is 5.75 Å². The second-order valence-corrected chi connectivity index (χ2v) is 9.04. The van der Waals surface area contributed by atoms with Gasteiger partial charge in [-0.05, 0) is 50.6 Å². The molecule has 1 aromatic rings. The van der Waals surface area contributed by atoms with E-state index in [9.17, 15) is 9.90 Å². The van der Waals surface area contributed by atoms with Gasteiger partial charge in [0, 0.05) is 36.9 Å². The van der Waals surface area contributed by atoms with Crippen LogP contribution in [-0.4, -0.2) is 73.8 Å². The highest BCUT2D eigenvalue weighted by Crippen LogP contribution is 2.33. The van der Waals surface area contributed by atoms with Crippen molar-refractivity contribution in [3.05, 3.63) is 28.3 Å². The number of aliphatic hydroxyl groups excluding tert-OH is 1. The first-order valence-electron chi connectivity index (χ1n) is 10.9. The molecule has 0 bridgehead atoms. The molecule has 3 aliphatic rings. The molecule has 2 saturated heterocycles. The van der Waals surface area contributed by atoms with Crippen molar-refractivity contribution in [1.82, 2.24) is 10.2 Å². The minimum Gasteiger partial charge on any atom is -0.492 e. The van der Waals surface area contributed by atoms with Gasteiger partial charge in [0.05, 0.1) is 31.5 Å². The number of piperidine rings is 1. The fourth-order valence-electron chi connectivity index (χ4n) is 4.57. The number of ether oxygens (including phenoxy) is 3. The number of fused-ring (bicyclic) bond motifs is 1. The molecule has 1 aromatic carbocycles. The zero-order valence-corrected chi connectivity index (χ0v) is 18.2. The summed E-state index contributed by atoms with van der Waals surface area (Å²) in [6.45, 7) is 6.77. The maximum absolute atomic E-state index is 12.7. The van der Waals surface area contributed by atoms with Crippen LogP contribution in [0.3, 0.4) is 0 Å². The number of halogens is 1. The van der Waals surface area contributed by atoms with Crippen molar-refractivity contribution in [1.29, 1.82) is 0 Å². The van der Waals surface area contributed by atoms with Gasteiger partial charge in [-0.25, -0.2) is 0 Å². The molecule has 8 heteroatoms. The lowest BCUT2D eigenvalue weighted by atomic mass is 9.93. The topological polar surface area (TPSA) is 80.3 Å². The van der Waals surface area contributed by atoms with Crippen LogP contribution in [0.1, 0.15) is 42.1 Å². The summed E-state index contributed by atoms with van der Waals surface area (Å²) in [6.07, 6.45) is 2.96. The van der Waals surface area contributed by atoms with E-state index < -0.39 is 11.9 Å². The first-order chi connectivity index (χ1) is 14.4. The third-order valence-corrected chi connectivity index (χ3v) is 6.54. The minimum absolute atomic E-state index is 0.0392. The van der Waals surface area contributed by atoms with Gasteiger partial charge in [0.25, 0.3) is 5.91 Å². The van der Waals surface area contributed by atoms with Crippen LogP contribution in [0.4, 0.5) is 0 Å². The third kappa shape index (κ3) is 5.08. The number of nitrogens with one attached hydrogen (secondary N) is 1. The summed E-state index contributed by atoms with van der Waals surface area (Å²) in [7, 11) is 0. The van der Waals surface area contributed by atoms with Gasteiger partial charge in [-0.1, -0.05) is 11.6 Å². The van der Waals surface area contributed by atoms with Gasteiger partial charge in [-0.3, -0.25) is 4.79 Å². The van der Waals surface area contributed by atoms with Crippen molar-refractivity contribution < 1.29 is 24.1 Å². The molecule has 166 valence electrons. The van der Waals surface area contributed by atoms with Crippen molar-refractivity contribution in [2.24, 2.45) is 5.92 Å². The predicted octanol–water partition coefficient (Wildman–Crippen LogP) is 2.23. The molecule has 1 amide bonds. The monoisotopic (exact) mass is 438 g/mol. The molecule has 3 heterocycles. The maximum atomic E-state index is 12.7. The molecule has 0 aromatic heterocycles. The van der Waals surface area contributed by atoms with Crippen LogP contribution in [-0.2, 0) is 15.9 Å². The molecule has 4 rings (SSSR count). The number of nitrogens with zero attached hydrogens (tertiary/aromatic N) is 1. The van der Waals surface area contributed by atoms with Crippen molar-refractivity contribution >= 4 is 17.5 Å². The summed E-state index contributed by atoms with van der Waals surface area (Å²) in [5, 5.41) is 14.1. The zero-order chi connectivity index (χ0) is 21.1. The van der Waals surface area contributed by atoms with E-state index in [-0.39, 0.29) is 11.8 Å². The summed E-state index contributed by atoms with van der Waals surface area (Å²) in [4.78, 5) is 15.0. The average Bonchev–Trinajstić information content (AvgIpc) is 3.35. The molecule has 2 unspecified atom stereocenters. The van der Waals surface area contributed by atoms with Crippen molar-refractivity contribution in [2.75, 3.05) is 46.0 Å². The van der Waals surface area contributed by atoms with E-state index >= 15 is 0 Å². The number of rotatable bonds is 7. The fourth-order valence-corrected chi connectivity index (χ4v) is 4.81. The van der Waals surface area contributed by atoms with Crippen molar-refractivity contribution in [3.8, 4) is 5.75 Å². The standard InChI is InChI=1S/C22H31ClN2O5/c1-22(29-9-10-30-22)5-2-6-25-7-3-16(19(26)14-25)13-24-21(27)18-12-17(23)11-15-4-8-28-20(15)18/h11-12,16,19,26H,2-10,13-14H2,1H3,(H,24,27). The Morgan fingerprint density at radius 3 is 2.90 bits per heavy atom. The molecule has 3 aliphatic heterocycles. The average molecular weight is 439 g/mol. The third-order valence-electron chi connectivity index (χ3n) is 6.33. The largest absolute Gasteiger partial charge is 0.492 e. The van der Waals surface area contributed by atoms with E-state index in [1.54, 1.807) is 6.07 Å². The Bertz CT molecular complexity index is 768. The van der Waals surface area contributed by atoms with Gasteiger partial charge < -0.3 is 29.5 Å². The van der Waals surface area contributed by atoms with Crippen LogP contribution in [0.15, 0.2) is 12.1 Å². The highest BCUT2D eigenvalue weighted by Gasteiger charge is 2.32. The Kier molecular flexibility index (Phi) is 6.85. The SMILES string of the molecule is CC1(CCCN2CCC(CNC(=O)c3cc(Cl)cc4c3OCC4)C(O)C2)OCCO1. The van der Waals surface area contributed by atoms with E-state index in [4.69, 9.17) is 25.8 Å². The molecular formula is C22H31ClN2O5. The van der Waals surface area contributed by atoms with E-state index in [0.717, 1.165) is 44.3 Å². The van der Waals surface area contributed by atoms with Gasteiger partial charge in [0.15, 0.2) is 5.79 Å². The Hall–Kier alpha value is -1.38. The molecule has 2 atom stereocenters. The first kappa shape index (κ1) is 21.8. The molecule has 0 aliphatic carbocycles.